The smallest absolute Gasteiger partial charge is 0.231 e. The van der Waals surface area contributed by atoms with Crippen molar-refractivity contribution in [2.24, 2.45) is 0 Å². The monoisotopic (exact) mass is 409 g/mol. The lowest BCUT2D eigenvalue weighted by Crippen LogP contribution is -2.34. The van der Waals surface area contributed by atoms with E-state index < -0.39 is 23.1 Å². The van der Waals surface area contributed by atoms with E-state index in [4.69, 9.17) is 11.6 Å². The standard InChI is InChI=1S/C20H22ClF2N3O2/c1-24(11-14-5-3-2-4-6-14)16-7-8-25(13-16)20-17(10-21)19(23)15(9-18(20)22)12-26(27)28/h2-6,9,16H,7-8,10-13H2,1H3. The minimum absolute atomic E-state index is 0.00937. The maximum absolute atomic E-state index is 14.8. The number of nitro groups is 1. The zero-order valence-electron chi connectivity index (χ0n) is 15.6. The molecule has 5 nitrogen and oxygen atoms in total. The molecule has 3 rings (SSSR count). The van der Waals surface area contributed by atoms with Crippen LogP contribution in [-0.4, -0.2) is 36.0 Å². The average molecular weight is 410 g/mol. The highest BCUT2D eigenvalue weighted by molar-refractivity contribution is 6.17. The minimum Gasteiger partial charge on any atom is -0.367 e. The van der Waals surface area contributed by atoms with Crippen LogP contribution in [0.2, 0.25) is 0 Å². The Morgan fingerprint density at radius 1 is 1.32 bits per heavy atom. The van der Waals surface area contributed by atoms with Gasteiger partial charge in [-0.25, -0.2) is 8.78 Å². The number of anilines is 1. The summed E-state index contributed by atoms with van der Waals surface area (Å²) in [4.78, 5) is 14.0. The van der Waals surface area contributed by atoms with Gasteiger partial charge >= 0.3 is 0 Å². The Bertz CT molecular complexity index is 851. The summed E-state index contributed by atoms with van der Waals surface area (Å²) in [6.07, 6.45) is 0.808. The lowest BCUT2D eigenvalue weighted by Gasteiger charge is -2.27. The van der Waals surface area contributed by atoms with Gasteiger partial charge < -0.3 is 4.90 Å². The molecule has 28 heavy (non-hydrogen) atoms. The van der Waals surface area contributed by atoms with Crippen molar-refractivity contribution in [2.45, 2.75) is 31.4 Å². The topological polar surface area (TPSA) is 49.6 Å². The van der Waals surface area contributed by atoms with Crippen molar-refractivity contribution in [1.82, 2.24) is 4.90 Å². The van der Waals surface area contributed by atoms with Crippen molar-refractivity contribution in [2.75, 3.05) is 25.0 Å². The van der Waals surface area contributed by atoms with Crippen molar-refractivity contribution in [3.63, 3.8) is 0 Å². The molecule has 0 aromatic heterocycles. The van der Waals surface area contributed by atoms with Crippen LogP contribution in [0.1, 0.15) is 23.1 Å². The van der Waals surface area contributed by atoms with E-state index in [0.717, 1.165) is 19.0 Å². The van der Waals surface area contributed by atoms with Gasteiger partial charge in [0.05, 0.1) is 17.1 Å². The summed E-state index contributed by atoms with van der Waals surface area (Å²) in [5, 5.41) is 10.7. The summed E-state index contributed by atoms with van der Waals surface area (Å²) in [5.74, 6) is -1.70. The number of hydrogen-bond donors (Lipinski definition) is 0. The SMILES string of the molecule is CN(Cc1ccccc1)C1CCN(c2c(F)cc(C[N+](=O)[O-])c(F)c2CCl)C1. The van der Waals surface area contributed by atoms with Crippen molar-refractivity contribution in [3.8, 4) is 0 Å². The van der Waals surface area contributed by atoms with Crippen LogP contribution in [0, 0.1) is 21.7 Å². The molecule has 8 heteroatoms. The summed E-state index contributed by atoms with van der Waals surface area (Å²) in [6, 6.07) is 11.2. The second kappa shape index (κ2) is 8.84. The molecule has 0 N–H and O–H groups in total. The zero-order chi connectivity index (χ0) is 20.3. The molecule has 0 spiro atoms. The third kappa shape index (κ3) is 4.42. The highest BCUT2D eigenvalue weighted by Crippen LogP contribution is 2.34. The van der Waals surface area contributed by atoms with Crippen LogP contribution in [0.5, 0.6) is 0 Å². The molecule has 0 saturated carbocycles. The Morgan fingerprint density at radius 3 is 2.68 bits per heavy atom. The molecular weight excluding hydrogens is 388 g/mol. The Morgan fingerprint density at radius 2 is 2.04 bits per heavy atom. The van der Waals surface area contributed by atoms with Crippen molar-refractivity contribution in [3.05, 3.63) is 74.8 Å². The molecule has 1 heterocycles. The number of hydrogen-bond acceptors (Lipinski definition) is 4. The quantitative estimate of drug-likeness (QED) is 0.391. The second-order valence-electron chi connectivity index (χ2n) is 7.07. The number of rotatable bonds is 7. The van der Waals surface area contributed by atoms with Crippen molar-refractivity contribution < 1.29 is 13.7 Å². The van der Waals surface area contributed by atoms with E-state index in [2.05, 4.69) is 17.0 Å². The van der Waals surface area contributed by atoms with Gasteiger partial charge in [-0.1, -0.05) is 30.3 Å². The minimum atomic E-state index is -0.788. The maximum atomic E-state index is 14.8. The van der Waals surface area contributed by atoms with E-state index >= 15 is 0 Å². The first-order chi connectivity index (χ1) is 13.4. The predicted octanol–water partition coefficient (Wildman–Crippen LogP) is 4.19. The van der Waals surface area contributed by atoms with Gasteiger partial charge in [0.15, 0.2) is 0 Å². The molecule has 1 fully saturated rings. The third-order valence-corrected chi connectivity index (χ3v) is 5.44. The fraction of sp³-hybridized carbons (Fsp3) is 0.400. The number of nitrogens with zero attached hydrogens (tertiary/aromatic N) is 3. The molecule has 1 aliphatic rings. The van der Waals surface area contributed by atoms with E-state index in [-0.39, 0.29) is 28.7 Å². The highest BCUT2D eigenvalue weighted by atomic mass is 35.5. The van der Waals surface area contributed by atoms with Crippen LogP contribution in [0.4, 0.5) is 14.5 Å². The first kappa shape index (κ1) is 20.5. The molecule has 150 valence electrons. The van der Waals surface area contributed by atoms with E-state index in [0.29, 0.717) is 13.1 Å². The van der Waals surface area contributed by atoms with E-state index in [9.17, 15) is 18.9 Å². The van der Waals surface area contributed by atoms with Crippen LogP contribution in [0.25, 0.3) is 0 Å². The molecule has 1 unspecified atom stereocenters. The molecule has 0 aliphatic carbocycles. The molecular formula is C20H22ClF2N3O2. The Kier molecular flexibility index (Phi) is 6.46. The van der Waals surface area contributed by atoms with Crippen molar-refractivity contribution >= 4 is 17.3 Å². The summed E-state index contributed by atoms with van der Waals surface area (Å²) in [5.41, 5.74) is 1.02. The van der Waals surface area contributed by atoms with Gasteiger partial charge in [-0.15, -0.1) is 11.6 Å². The second-order valence-corrected chi connectivity index (χ2v) is 7.34. The molecule has 0 amide bonds. The van der Waals surface area contributed by atoms with Gasteiger partial charge in [-0.3, -0.25) is 15.0 Å². The number of benzene rings is 2. The largest absolute Gasteiger partial charge is 0.367 e. The van der Waals surface area contributed by atoms with E-state index in [1.165, 1.54) is 5.56 Å². The van der Waals surface area contributed by atoms with Crippen LogP contribution >= 0.6 is 11.6 Å². The maximum Gasteiger partial charge on any atom is 0.231 e. The molecule has 2 aromatic carbocycles. The molecule has 1 atom stereocenters. The summed E-state index contributed by atoms with van der Waals surface area (Å²) >= 11 is 5.89. The summed E-state index contributed by atoms with van der Waals surface area (Å²) < 4.78 is 29.4. The summed E-state index contributed by atoms with van der Waals surface area (Å²) in [7, 11) is 2.01. The fourth-order valence-electron chi connectivity index (χ4n) is 3.75. The Labute approximate surface area is 167 Å². The van der Waals surface area contributed by atoms with Gasteiger partial charge in [0.1, 0.15) is 11.6 Å². The molecule has 1 saturated heterocycles. The number of halogens is 3. The predicted molar refractivity (Wildman–Crippen MR) is 105 cm³/mol. The van der Waals surface area contributed by atoms with Crippen LogP contribution in [0.15, 0.2) is 36.4 Å². The van der Waals surface area contributed by atoms with E-state index in [1.807, 2.05) is 25.2 Å². The molecule has 0 radical (unpaired) electrons. The van der Waals surface area contributed by atoms with Gasteiger partial charge in [0, 0.05) is 36.2 Å². The average Bonchev–Trinajstić information content (AvgIpc) is 3.14. The number of alkyl halides is 1. The highest BCUT2D eigenvalue weighted by Gasteiger charge is 2.31. The van der Waals surface area contributed by atoms with Gasteiger partial charge in [0.2, 0.25) is 6.54 Å². The summed E-state index contributed by atoms with van der Waals surface area (Å²) in [6.45, 7) is 1.10. The zero-order valence-corrected chi connectivity index (χ0v) is 16.3. The van der Waals surface area contributed by atoms with Crippen molar-refractivity contribution in [1.29, 1.82) is 0 Å². The van der Waals surface area contributed by atoms with Gasteiger partial charge in [-0.2, -0.15) is 0 Å². The van der Waals surface area contributed by atoms with Gasteiger partial charge in [-0.05, 0) is 25.1 Å². The molecule has 2 aromatic rings. The molecule has 0 bridgehead atoms. The van der Waals surface area contributed by atoms with Crippen LogP contribution in [-0.2, 0) is 19.0 Å². The Balaban J connectivity index is 1.79. The van der Waals surface area contributed by atoms with Gasteiger partial charge in [0.25, 0.3) is 0 Å². The first-order valence-corrected chi connectivity index (χ1v) is 9.60. The lowest BCUT2D eigenvalue weighted by molar-refractivity contribution is -0.497. The first-order valence-electron chi connectivity index (χ1n) is 9.07. The van der Waals surface area contributed by atoms with Crippen LogP contribution in [0.3, 0.4) is 0 Å². The third-order valence-electron chi connectivity index (χ3n) is 5.17. The molecule has 1 aliphatic heterocycles. The normalized spacial score (nSPS) is 16.8. The lowest BCUT2D eigenvalue weighted by atomic mass is 10.1. The number of likely N-dealkylation sites (N-methyl/N-ethyl adjacent to an activating group) is 1. The van der Waals surface area contributed by atoms with Crippen LogP contribution < -0.4 is 4.90 Å². The fourth-order valence-corrected chi connectivity index (χ4v) is 3.99. The van der Waals surface area contributed by atoms with E-state index in [1.54, 1.807) is 4.90 Å². The Hall–Kier alpha value is -2.25.